The molecule has 0 spiro atoms. The molecule has 0 saturated carbocycles. The Morgan fingerprint density at radius 2 is 1.78 bits per heavy atom. The van der Waals surface area contributed by atoms with E-state index in [0.29, 0.717) is 17.0 Å². The first-order valence-corrected chi connectivity index (χ1v) is 13.6. The zero-order valence-electron chi connectivity index (χ0n) is 23.8. The van der Waals surface area contributed by atoms with Crippen molar-refractivity contribution in [2.75, 3.05) is 10.6 Å². The van der Waals surface area contributed by atoms with E-state index in [1.165, 1.54) is 37.6 Å². The first-order chi connectivity index (χ1) is 21.6. The molecular weight excluding hydrogens is 586 g/mol. The first kappa shape index (κ1) is 29.1. The Morgan fingerprint density at radius 3 is 2.47 bits per heavy atom. The van der Waals surface area contributed by atoms with Crippen LogP contribution in [-0.2, 0) is 13.2 Å². The second-order valence-corrected chi connectivity index (χ2v) is 10.0. The van der Waals surface area contributed by atoms with Crippen LogP contribution in [0.5, 0.6) is 0 Å². The quantitative estimate of drug-likeness (QED) is 0.163. The highest BCUT2D eigenvalue weighted by atomic mass is 19.4. The summed E-state index contributed by atoms with van der Waals surface area (Å²) in [5, 5.41) is 9.76. The second-order valence-electron chi connectivity index (χ2n) is 10.0. The van der Waals surface area contributed by atoms with Crippen molar-refractivity contribution in [3.8, 4) is 23.0 Å². The van der Waals surface area contributed by atoms with E-state index in [2.05, 4.69) is 37.5 Å². The summed E-state index contributed by atoms with van der Waals surface area (Å²) in [6, 6.07) is 14.5. The van der Waals surface area contributed by atoms with Crippen molar-refractivity contribution in [1.29, 1.82) is 0 Å². The maximum atomic E-state index is 16.0. The number of carbonyl (C=O) groups excluding carboxylic acids is 1. The summed E-state index contributed by atoms with van der Waals surface area (Å²) in [5.41, 5.74) is -0.0765. The van der Waals surface area contributed by atoms with Gasteiger partial charge in [0.2, 0.25) is 0 Å². The van der Waals surface area contributed by atoms with Crippen molar-refractivity contribution >= 4 is 28.6 Å². The Labute approximate surface area is 254 Å². The third-order valence-electron chi connectivity index (χ3n) is 7.03. The summed E-state index contributed by atoms with van der Waals surface area (Å²) < 4.78 is 62.3. The standard InChI is InChI=1S/C33H23F4N7O/c1-20-27(22-10-6-14-38-16-22)25(30(29(34)28(20)33(35,36)37)42-32(45)21-8-4-3-5-9-21)13-12-24-18-39-31-26(11-7-15-44(24)31)41-23-17-40-43(2)19-23/h3-11,14-19,41H,1-2H3,(H,42,45). The van der Waals surface area contributed by atoms with Crippen LogP contribution in [0.4, 0.5) is 34.6 Å². The number of halogens is 4. The number of hydrogen-bond donors (Lipinski definition) is 2. The normalized spacial score (nSPS) is 11.2. The van der Waals surface area contributed by atoms with E-state index in [4.69, 9.17) is 0 Å². The lowest BCUT2D eigenvalue weighted by Gasteiger charge is -2.21. The molecule has 4 heterocycles. The van der Waals surface area contributed by atoms with Gasteiger partial charge >= 0.3 is 6.18 Å². The van der Waals surface area contributed by atoms with Gasteiger partial charge in [-0.1, -0.05) is 30.2 Å². The van der Waals surface area contributed by atoms with E-state index in [0.717, 1.165) is 5.69 Å². The third-order valence-corrected chi connectivity index (χ3v) is 7.03. The molecule has 1 amide bonds. The highest BCUT2D eigenvalue weighted by molar-refractivity contribution is 6.06. The second kappa shape index (κ2) is 11.6. The van der Waals surface area contributed by atoms with Gasteiger partial charge in [0, 0.05) is 48.5 Å². The number of nitrogens with one attached hydrogen (secondary N) is 2. The van der Waals surface area contributed by atoms with Gasteiger partial charge in [-0.2, -0.15) is 18.3 Å². The Bertz CT molecular complexity index is 2110. The van der Waals surface area contributed by atoms with Crippen LogP contribution in [0.2, 0.25) is 0 Å². The highest BCUT2D eigenvalue weighted by Gasteiger charge is 2.40. The molecule has 224 valence electrons. The molecule has 12 heteroatoms. The molecule has 0 aliphatic rings. The molecule has 0 atom stereocenters. The molecule has 6 rings (SSSR count). The molecule has 6 aromatic rings. The summed E-state index contributed by atoms with van der Waals surface area (Å²) >= 11 is 0. The van der Waals surface area contributed by atoms with Crippen molar-refractivity contribution in [1.82, 2.24) is 24.1 Å². The number of aromatic nitrogens is 5. The molecule has 2 N–H and O–H groups in total. The van der Waals surface area contributed by atoms with Crippen LogP contribution in [0.1, 0.15) is 32.7 Å². The summed E-state index contributed by atoms with van der Waals surface area (Å²) in [4.78, 5) is 21.7. The van der Waals surface area contributed by atoms with Crippen LogP contribution in [0.15, 0.2) is 91.8 Å². The van der Waals surface area contributed by atoms with Crippen molar-refractivity contribution in [2.24, 2.45) is 7.05 Å². The highest BCUT2D eigenvalue weighted by Crippen LogP contribution is 2.44. The fourth-order valence-electron chi connectivity index (χ4n) is 5.03. The summed E-state index contributed by atoms with van der Waals surface area (Å²) in [6.45, 7) is 1.17. The fourth-order valence-corrected chi connectivity index (χ4v) is 5.03. The Morgan fingerprint density at radius 1 is 0.978 bits per heavy atom. The maximum Gasteiger partial charge on any atom is 0.419 e. The number of anilines is 3. The molecular formula is C33H23F4N7O. The lowest BCUT2D eigenvalue weighted by molar-refractivity contribution is -0.140. The number of fused-ring (bicyclic) bond motifs is 1. The Balaban J connectivity index is 1.55. The number of carbonyl (C=O) groups is 1. The van der Waals surface area contributed by atoms with Gasteiger partial charge in [-0.3, -0.25) is 18.9 Å². The molecule has 8 nitrogen and oxygen atoms in total. The van der Waals surface area contributed by atoms with Crippen LogP contribution < -0.4 is 10.6 Å². The summed E-state index contributed by atoms with van der Waals surface area (Å²) in [7, 11) is 1.79. The van der Waals surface area contributed by atoms with Gasteiger partial charge in [-0.05, 0) is 48.7 Å². The number of pyridine rings is 2. The minimum atomic E-state index is -5.07. The van der Waals surface area contributed by atoms with Crippen molar-refractivity contribution in [2.45, 2.75) is 13.1 Å². The smallest absolute Gasteiger partial charge is 0.350 e. The SMILES string of the molecule is Cc1c(-c2cccnc2)c(C#Cc2cnc3c(Nc4cnn(C)c4)cccn23)c(NC(=O)c2ccccc2)c(F)c1C(F)(F)F. The van der Waals surface area contributed by atoms with Gasteiger partial charge in [0.15, 0.2) is 11.5 Å². The number of benzene rings is 2. The number of imidazole rings is 1. The Hall–Kier alpha value is -5.96. The van der Waals surface area contributed by atoms with Gasteiger partial charge in [0.25, 0.3) is 5.91 Å². The largest absolute Gasteiger partial charge is 0.419 e. The van der Waals surface area contributed by atoms with Crippen LogP contribution in [0, 0.1) is 24.6 Å². The molecule has 0 aliphatic carbocycles. The summed E-state index contributed by atoms with van der Waals surface area (Å²) in [5.74, 6) is 3.38. The molecule has 45 heavy (non-hydrogen) atoms. The number of hydrogen-bond acceptors (Lipinski definition) is 5. The molecule has 2 aromatic carbocycles. The fraction of sp³-hybridized carbons (Fsp3) is 0.0909. The van der Waals surface area contributed by atoms with Crippen LogP contribution in [0.3, 0.4) is 0 Å². The molecule has 4 aromatic heterocycles. The van der Waals surface area contributed by atoms with Crippen molar-refractivity contribution in [3.63, 3.8) is 0 Å². The van der Waals surface area contributed by atoms with E-state index in [1.807, 2.05) is 6.07 Å². The Kier molecular flexibility index (Phi) is 7.52. The van der Waals surface area contributed by atoms with Crippen molar-refractivity contribution < 1.29 is 22.4 Å². The average molecular weight is 610 g/mol. The molecule has 0 unspecified atom stereocenters. The van der Waals surface area contributed by atoms with Crippen LogP contribution in [0.25, 0.3) is 16.8 Å². The molecule has 0 saturated heterocycles. The van der Waals surface area contributed by atoms with Crippen LogP contribution in [-0.4, -0.2) is 30.1 Å². The third kappa shape index (κ3) is 5.71. The van der Waals surface area contributed by atoms with Gasteiger partial charge in [-0.25, -0.2) is 9.37 Å². The molecule has 0 bridgehead atoms. The average Bonchev–Trinajstić information content (AvgIpc) is 3.63. The predicted octanol–water partition coefficient (Wildman–Crippen LogP) is 6.99. The van der Waals surface area contributed by atoms with Gasteiger partial charge in [-0.15, -0.1) is 0 Å². The number of rotatable bonds is 5. The van der Waals surface area contributed by atoms with E-state index in [9.17, 15) is 18.0 Å². The molecule has 0 fully saturated rings. The first-order valence-electron chi connectivity index (χ1n) is 13.6. The predicted molar refractivity (Wildman–Crippen MR) is 161 cm³/mol. The lowest BCUT2D eigenvalue weighted by atomic mass is 9.90. The lowest BCUT2D eigenvalue weighted by Crippen LogP contribution is -2.19. The topological polar surface area (TPSA) is 89.1 Å². The number of aryl methyl sites for hydroxylation is 1. The molecule has 0 aliphatic heterocycles. The van der Waals surface area contributed by atoms with Crippen LogP contribution >= 0.6 is 0 Å². The maximum absolute atomic E-state index is 16.0. The zero-order valence-corrected chi connectivity index (χ0v) is 23.8. The van der Waals surface area contributed by atoms with Gasteiger partial charge < -0.3 is 10.6 Å². The van der Waals surface area contributed by atoms with E-state index in [1.54, 1.807) is 71.1 Å². The zero-order chi connectivity index (χ0) is 31.7. The summed E-state index contributed by atoms with van der Waals surface area (Å²) in [6.07, 6.45) is 4.42. The van der Waals surface area contributed by atoms with Gasteiger partial charge in [0.1, 0.15) is 5.69 Å². The number of alkyl halides is 3. The van der Waals surface area contributed by atoms with E-state index < -0.39 is 34.7 Å². The van der Waals surface area contributed by atoms with Gasteiger partial charge in [0.05, 0.1) is 40.6 Å². The van der Waals surface area contributed by atoms with Crippen molar-refractivity contribution in [3.05, 3.63) is 126 Å². The number of amides is 1. The number of nitrogens with zero attached hydrogens (tertiary/aromatic N) is 5. The minimum absolute atomic E-state index is 0.0135. The minimum Gasteiger partial charge on any atom is -0.350 e. The van der Waals surface area contributed by atoms with E-state index >= 15 is 4.39 Å². The molecule has 0 radical (unpaired) electrons. The van der Waals surface area contributed by atoms with E-state index in [-0.39, 0.29) is 22.3 Å². The monoisotopic (exact) mass is 609 g/mol.